The predicted octanol–water partition coefficient (Wildman–Crippen LogP) is 2.26. The summed E-state index contributed by atoms with van der Waals surface area (Å²) in [6.45, 7) is 0. The van der Waals surface area contributed by atoms with Crippen LogP contribution in [0.2, 0.25) is 0 Å². The molecule has 9 heteroatoms. The van der Waals surface area contributed by atoms with Crippen molar-refractivity contribution in [3.8, 4) is 0 Å². The zero-order valence-electron chi connectivity index (χ0n) is 11.7. The van der Waals surface area contributed by atoms with E-state index >= 15 is 0 Å². The van der Waals surface area contributed by atoms with Gasteiger partial charge in [0.15, 0.2) is 11.6 Å². The van der Waals surface area contributed by atoms with Gasteiger partial charge in [0.25, 0.3) is 0 Å². The third-order valence-electron chi connectivity index (χ3n) is 3.22. The second-order valence-electron chi connectivity index (χ2n) is 4.61. The van der Waals surface area contributed by atoms with Crippen LogP contribution >= 0.6 is 0 Å². The molecule has 0 spiro atoms. The minimum Gasteiger partial charge on any atom is -0.465 e. The zero-order chi connectivity index (χ0) is 16.7. The average Bonchev–Trinajstić information content (AvgIpc) is 3.06. The minimum atomic E-state index is -5.08. The number of amidine groups is 2. The molecule has 1 atom stereocenters. The van der Waals surface area contributed by atoms with Crippen molar-refractivity contribution in [3.63, 3.8) is 0 Å². The Kier molecular flexibility index (Phi) is 3.35. The number of carbonyl (C=O) groups excluding carboxylic acids is 1. The molecule has 0 aromatic carbocycles. The summed E-state index contributed by atoms with van der Waals surface area (Å²) in [5.41, 5.74) is -3.37. The Morgan fingerprint density at radius 1 is 1.35 bits per heavy atom. The van der Waals surface area contributed by atoms with Crippen LogP contribution in [0.5, 0.6) is 0 Å². The number of fused-ring (bicyclic) bond motifs is 1. The number of hydrogen-bond donors (Lipinski definition) is 0. The molecule has 2 aliphatic heterocycles. The van der Waals surface area contributed by atoms with E-state index in [1.807, 2.05) is 0 Å². The molecule has 0 radical (unpaired) electrons. The molecule has 23 heavy (non-hydrogen) atoms. The fraction of sp³-hybridized carbons (Fsp3) is 0.214. The van der Waals surface area contributed by atoms with Crippen LogP contribution in [0.1, 0.15) is 5.76 Å². The number of aliphatic imine (C=N–C) groups is 2. The zero-order valence-corrected chi connectivity index (χ0v) is 11.7. The highest BCUT2D eigenvalue weighted by atomic mass is 19.4. The van der Waals surface area contributed by atoms with Crippen LogP contribution in [-0.4, -0.2) is 41.5 Å². The molecule has 1 aromatic rings. The van der Waals surface area contributed by atoms with Crippen molar-refractivity contribution in [1.29, 1.82) is 0 Å². The first-order chi connectivity index (χ1) is 10.9. The van der Waals surface area contributed by atoms with E-state index in [0.717, 1.165) is 7.11 Å². The Morgan fingerprint density at radius 3 is 2.74 bits per heavy atom. The Balaban J connectivity index is 2.25. The van der Waals surface area contributed by atoms with E-state index in [0.29, 0.717) is 0 Å². The summed E-state index contributed by atoms with van der Waals surface area (Å²) in [6.07, 6.45) is 2.11. The van der Waals surface area contributed by atoms with Crippen LogP contribution in [0.3, 0.4) is 0 Å². The number of ether oxygens (including phenoxy) is 1. The summed E-state index contributed by atoms with van der Waals surface area (Å²) in [4.78, 5) is 20.2. The highest BCUT2D eigenvalue weighted by Gasteiger charge is 2.65. The largest absolute Gasteiger partial charge is 0.465 e. The first kappa shape index (κ1) is 15.1. The highest BCUT2D eigenvalue weighted by molar-refractivity contribution is 6.16. The van der Waals surface area contributed by atoms with Gasteiger partial charge in [-0.05, 0) is 24.3 Å². The second kappa shape index (κ2) is 5.11. The number of esters is 1. The maximum absolute atomic E-state index is 13.6. The lowest BCUT2D eigenvalue weighted by Crippen LogP contribution is -2.55. The summed E-state index contributed by atoms with van der Waals surface area (Å²) in [5.74, 6) is -1.85. The van der Waals surface area contributed by atoms with Gasteiger partial charge < -0.3 is 9.15 Å². The number of carbonyl (C=O) groups is 1. The molecule has 3 rings (SSSR count). The highest BCUT2D eigenvalue weighted by Crippen LogP contribution is 2.39. The Hall–Kier alpha value is -2.84. The molecule has 0 bridgehead atoms. The van der Waals surface area contributed by atoms with E-state index in [1.165, 1.54) is 41.6 Å². The molecule has 0 saturated heterocycles. The van der Waals surface area contributed by atoms with E-state index in [-0.39, 0.29) is 17.4 Å². The number of methoxy groups -OCH3 is 1. The van der Waals surface area contributed by atoms with E-state index in [9.17, 15) is 18.0 Å². The molecule has 0 saturated carbocycles. The number of hydrogen-bond acceptors (Lipinski definition) is 6. The van der Waals surface area contributed by atoms with Crippen LogP contribution < -0.4 is 0 Å². The van der Waals surface area contributed by atoms with Gasteiger partial charge in [-0.1, -0.05) is 6.08 Å². The van der Waals surface area contributed by atoms with Crippen LogP contribution in [0.15, 0.2) is 57.2 Å². The quantitative estimate of drug-likeness (QED) is 0.782. The van der Waals surface area contributed by atoms with Crippen molar-refractivity contribution in [2.24, 2.45) is 9.98 Å². The maximum atomic E-state index is 13.6. The standard InChI is InChI=1S/C14H10F3N3O3/c1-22-12(21)13(14(15,16)17)18-10-6-2-3-7-20(10)11(19-13)9-5-4-8-23-9/h2-8H,1H3. The number of halogens is 3. The number of rotatable bonds is 2. The fourth-order valence-electron chi connectivity index (χ4n) is 2.16. The maximum Gasteiger partial charge on any atom is 0.445 e. The van der Waals surface area contributed by atoms with Crippen LogP contribution in [0, 0.1) is 0 Å². The Bertz CT molecular complexity index is 747. The van der Waals surface area contributed by atoms with Crippen molar-refractivity contribution >= 4 is 17.6 Å². The number of nitrogens with zero attached hydrogens (tertiary/aromatic N) is 3. The van der Waals surface area contributed by atoms with Gasteiger partial charge >= 0.3 is 17.8 Å². The van der Waals surface area contributed by atoms with Crippen LogP contribution in [0.4, 0.5) is 13.2 Å². The predicted molar refractivity (Wildman–Crippen MR) is 73.6 cm³/mol. The molecular weight excluding hydrogens is 315 g/mol. The topological polar surface area (TPSA) is 67.4 Å². The minimum absolute atomic E-state index is 0.0647. The van der Waals surface area contributed by atoms with Gasteiger partial charge in [0.2, 0.25) is 0 Å². The Morgan fingerprint density at radius 2 is 2.13 bits per heavy atom. The van der Waals surface area contributed by atoms with E-state index in [2.05, 4.69) is 14.7 Å². The van der Waals surface area contributed by atoms with Crippen molar-refractivity contribution in [1.82, 2.24) is 4.90 Å². The summed E-state index contributed by atoms with van der Waals surface area (Å²) >= 11 is 0. The van der Waals surface area contributed by atoms with Gasteiger partial charge in [0.05, 0.1) is 13.4 Å². The van der Waals surface area contributed by atoms with Gasteiger partial charge in [-0.15, -0.1) is 0 Å². The molecule has 0 N–H and O–H groups in total. The molecule has 1 aromatic heterocycles. The average molecular weight is 325 g/mol. The van der Waals surface area contributed by atoms with Gasteiger partial charge in [-0.25, -0.2) is 14.8 Å². The van der Waals surface area contributed by atoms with Crippen LogP contribution in [0.25, 0.3) is 0 Å². The van der Waals surface area contributed by atoms with E-state index < -0.39 is 17.8 Å². The first-order valence-corrected chi connectivity index (χ1v) is 6.42. The number of allylic oxidation sites excluding steroid dienone is 2. The third kappa shape index (κ3) is 2.24. The van der Waals surface area contributed by atoms with Crippen molar-refractivity contribution in [3.05, 3.63) is 48.6 Å². The van der Waals surface area contributed by atoms with E-state index in [4.69, 9.17) is 4.42 Å². The summed E-state index contributed by atoms with van der Waals surface area (Å²) in [5, 5.41) is 0. The normalized spacial score (nSPS) is 23.2. The van der Waals surface area contributed by atoms with Crippen molar-refractivity contribution in [2.45, 2.75) is 11.8 Å². The Labute approximate surface area is 128 Å². The number of alkyl halides is 3. The SMILES string of the molecule is COC(=O)C1(C(F)(F)F)N=C2C=CC=CN2C(c2ccco2)=N1. The van der Waals surface area contributed by atoms with Gasteiger partial charge in [-0.3, -0.25) is 4.90 Å². The van der Waals surface area contributed by atoms with Gasteiger partial charge in [0.1, 0.15) is 5.84 Å². The molecule has 3 heterocycles. The van der Waals surface area contributed by atoms with Crippen molar-refractivity contribution in [2.75, 3.05) is 7.11 Å². The molecule has 1 unspecified atom stereocenters. The molecule has 2 aliphatic rings. The molecule has 6 nitrogen and oxygen atoms in total. The fourth-order valence-corrected chi connectivity index (χ4v) is 2.16. The first-order valence-electron chi connectivity index (χ1n) is 6.42. The lowest BCUT2D eigenvalue weighted by atomic mass is 10.1. The van der Waals surface area contributed by atoms with Gasteiger partial charge in [-0.2, -0.15) is 13.2 Å². The summed E-state index contributed by atoms with van der Waals surface area (Å²) in [6, 6.07) is 2.94. The second-order valence-corrected chi connectivity index (χ2v) is 4.61. The monoisotopic (exact) mass is 325 g/mol. The molecular formula is C14H10F3N3O3. The summed E-state index contributed by atoms with van der Waals surface area (Å²) in [7, 11) is 0.848. The summed E-state index contributed by atoms with van der Waals surface area (Å²) < 4.78 is 50.2. The molecule has 0 amide bonds. The smallest absolute Gasteiger partial charge is 0.445 e. The molecule has 120 valence electrons. The lowest BCUT2D eigenvalue weighted by Gasteiger charge is -2.34. The lowest BCUT2D eigenvalue weighted by molar-refractivity contribution is -0.202. The number of furan rings is 1. The molecule has 0 aliphatic carbocycles. The van der Waals surface area contributed by atoms with Crippen LogP contribution in [-0.2, 0) is 9.53 Å². The van der Waals surface area contributed by atoms with Crippen molar-refractivity contribution < 1.29 is 27.1 Å². The third-order valence-corrected chi connectivity index (χ3v) is 3.22. The van der Waals surface area contributed by atoms with Gasteiger partial charge in [0, 0.05) is 6.20 Å². The van der Waals surface area contributed by atoms with E-state index in [1.54, 1.807) is 6.08 Å². The molecule has 0 fully saturated rings.